The Kier molecular flexibility index (Phi) is 7.19. The predicted octanol–water partition coefficient (Wildman–Crippen LogP) is 4.67. The van der Waals surface area contributed by atoms with Gasteiger partial charge in [-0.3, -0.25) is 9.52 Å². The van der Waals surface area contributed by atoms with Crippen molar-refractivity contribution in [3.63, 3.8) is 0 Å². The number of benzene rings is 3. The molecule has 6 nitrogen and oxygen atoms in total. The molecule has 0 aliphatic carbocycles. The van der Waals surface area contributed by atoms with Gasteiger partial charge in [-0.15, -0.1) is 11.8 Å². The third-order valence-corrected chi connectivity index (χ3v) is 6.87. The van der Waals surface area contributed by atoms with Crippen molar-refractivity contribution in [1.82, 2.24) is 0 Å². The quantitative estimate of drug-likeness (QED) is 0.477. The van der Waals surface area contributed by atoms with Gasteiger partial charge in [0.05, 0.1) is 17.8 Å². The highest BCUT2D eigenvalue weighted by molar-refractivity contribution is 8.00. The molecule has 0 heterocycles. The first-order valence-corrected chi connectivity index (χ1v) is 11.7. The van der Waals surface area contributed by atoms with Gasteiger partial charge in [0.25, 0.3) is 10.0 Å². The molecule has 9 heteroatoms. The maximum Gasteiger partial charge on any atom is 0.262 e. The van der Waals surface area contributed by atoms with Gasteiger partial charge < -0.3 is 10.1 Å². The fourth-order valence-electron chi connectivity index (χ4n) is 2.74. The Hall–Kier alpha value is -3.04. The molecule has 0 radical (unpaired) electrons. The summed E-state index contributed by atoms with van der Waals surface area (Å²) in [6.45, 7) is 1.67. The van der Waals surface area contributed by atoms with Gasteiger partial charge in [0.1, 0.15) is 11.6 Å². The molecule has 0 fully saturated rings. The van der Waals surface area contributed by atoms with Crippen LogP contribution in [0.3, 0.4) is 0 Å². The molecule has 0 bridgehead atoms. The van der Waals surface area contributed by atoms with E-state index in [0.29, 0.717) is 27.6 Å². The lowest BCUT2D eigenvalue weighted by Gasteiger charge is -2.13. The van der Waals surface area contributed by atoms with Gasteiger partial charge in [0, 0.05) is 16.3 Å². The fourth-order valence-corrected chi connectivity index (χ4v) is 4.81. The van der Waals surface area contributed by atoms with E-state index in [2.05, 4.69) is 10.0 Å². The average molecular weight is 461 g/mol. The van der Waals surface area contributed by atoms with Crippen LogP contribution in [0.2, 0.25) is 0 Å². The van der Waals surface area contributed by atoms with Crippen LogP contribution in [0.1, 0.15) is 5.56 Å². The van der Waals surface area contributed by atoms with Gasteiger partial charge in [0.2, 0.25) is 5.91 Å². The van der Waals surface area contributed by atoms with Crippen molar-refractivity contribution in [2.45, 2.75) is 16.7 Å². The number of sulfonamides is 1. The summed E-state index contributed by atoms with van der Waals surface area (Å²) in [6.07, 6.45) is 0. The second kappa shape index (κ2) is 9.84. The Bertz CT molecular complexity index is 1180. The molecule has 0 saturated carbocycles. The van der Waals surface area contributed by atoms with Gasteiger partial charge in [-0.25, -0.2) is 12.8 Å². The minimum absolute atomic E-state index is 0.0129. The van der Waals surface area contributed by atoms with Crippen LogP contribution in [0.15, 0.2) is 76.5 Å². The molecule has 1 amide bonds. The van der Waals surface area contributed by atoms with E-state index in [1.807, 2.05) is 0 Å². The zero-order chi connectivity index (χ0) is 22.4. The molecule has 0 spiro atoms. The molecule has 31 heavy (non-hydrogen) atoms. The lowest BCUT2D eigenvalue weighted by Crippen LogP contribution is -2.17. The van der Waals surface area contributed by atoms with Gasteiger partial charge in [-0.1, -0.05) is 18.2 Å². The number of amides is 1. The molecule has 3 rings (SSSR count). The standard InChI is InChI=1S/C22H21FN2O4S2/c1-15-7-8-17(24-22(26)14-30-20-6-4-3-5-19(20)23)13-21(15)31(27,28)25-16-9-11-18(29-2)12-10-16/h3-13,25H,14H2,1-2H3,(H,24,26). The van der Waals surface area contributed by atoms with Crippen LogP contribution >= 0.6 is 11.8 Å². The summed E-state index contributed by atoms with van der Waals surface area (Å²) in [7, 11) is -2.35. The van der Waals surface area contributed by atoms with Crippen molar-refractivity contribution < 1.29 is 22.3 Å². The molecule has 2 N–H and O–H groups in total. The molecule has 3 aromatic carbocycles. The van der Waals surface area contributed by atoms with Crippen molar-refractivity contribution in [3.05, 3.63) is 78.1 Å². The highest BCUT2D eigenvalue weighted by Gasteiger charge is 2.18. The summed E-state index contributed by atoms with van der Waals surface area (Å²) < 4.78 is 47.0. The Morgan fingerprint density at radius 3 is 2.39 bits per heavy atom. The summed E-state index contributed by atoms with van der Waals surface area (Å²) >= 11 is 1.06. The molecular weight excluding hydrogens is 439 g/mol. The number of ether oxygens (including phenoxy) is 1. The Morgan fingerprint density at radius 1 is 1.03 bits per heavy atom. The van der Waals surface area contributed by atoms with Crippen LogP contribution in [0.4, 0.5) is 15.8 Å². The maximum atomic E-state index is 13.7. The second-order valence-electron chi connectivity index (χ2n) is 6.58. The lowest BCUT2D eigenvalue weighted by atomic mass is 10.2. The first-order valence-electron chi connectivity index (χ1n) is 9.23. The van der Waals surface area contributed by atoms with Crippen LogP contribution in [0, 0.1) is 12.7 Å². The summed E-state index contributed by atoms with van der Waals surface area (Å²) in [4.78, 5) is 12.7. The summed E-state index contributed by atoms with van der Waals surface area (Å²) in [5.41, 5.74) is 1.25. The number of hydrogen-bond acceptors (Lipinski definition) is 5. The summed E-state index contributed by atoms with van der Waals surface area (Å²) in [5.74, 6) is -0.171. The molecule has 0 unspecified atom stereocenters. The fraction of sp³-hybridized carbons (Fsp3) is 0.136. The van der Waals surface area contributed by atoms with E-state index < -0.39 is 15.8 Å². The number of carbonyl (C=O) groups excluding carboxylic acids is 1. The predicted molar refractivity (Wildman–Crippen MR) is 121 cm³/mol. The first-order chi connectivity index (χ1) is 14.8. The number of nitrogens with one attached hydrogen (secondary N) is 2. The van der Waals surface area contributed by atoms with Crippen LogP contribution in [-0.2, 0) is 14.8 Å². The molecule has 0 aliphatic heterocycles. The van der Waals surface area contributed by atoms with Crippen LogP contribution in [-0.4, -0.2) is 27.2 Å². The van der Waals surface area contributed by atoms with Crippen molar-refractivity contribution in [1.29, 1.82) is 0 Å². The zero-order valence-corrected chi connectivity index (χ0v) is 18.5. The Balaban J connectivity index is 1.71. The summed E-state index contributed by atoms with van der Waals surface area (Å²) in [5, 5.41) is 2.66. The molecular formula is C22H21FN2O4S2. The number of hydrogen-bond donors (Lipinski definition) is 2. The number of carbonyl (C=O) groups is 1. The highest BCUT2D eigenvalue weighted by Crippen LogP contribution is 2.25. The number of rotatable bonds is 8. The smallest absolute Gasteiger partial charge is 0.262 e. The van der Waals surface area contributed by atoms with Gasteiger partial charge in [-0.05, 0) is 61.0 Å². The Labute approximate surface area is 184 Å². The number of anilines is 2. The minimum atomic E-state index is -3.88. The van der Waals surface area contributed by atoms with Crippen molar-refractivity contribution in [2.75, 3.05) is 22.9 Å². The van der Waals surface area contributed by atoms with Crippen LogP contribution in [0.25, 0.3) is 0 Å². The molecule has 0 atom stereocenters. The molecule has 0 saturated heterocycles. The normalized spacial score (nSPS) is 11.1. The average Bonchev–Trinajstić information content (AvgIpc) is 2.74. The summed E-state index contributed by atoms with van der Waals surface area (Å²) in [6, 6.07) is 17.3. The van der Waals surface area contributed by atoms with Gasteiger partial charge >= 0.3 is 0 Å². The molecule has 0 aromatic heterocycles. The zero-order valence-electron chi connectivity index (χ0n) is 16.9. The van der Waals surface area contributed by atoms with E-state index in [1.54, 1.807) is 61.5 Å². The van der Waals surface area contributed by atoms with E-state index >= 15 is 0 Å². The molecule has 3 aromatic rings. The van der Waals surface area contributed by atoms with Gasteiger partial charge in [-0.2, -0.15) is 0 Å². The number of halogens is 1. The third kappa shape index (κ3) is 5.99. The SMILES string of the molecule is COc1ccc(NS(=O)(=O)c2cc(NC(=O)CSc3ccccc3F)ccc2C)cc1. The highest BCUT2D eigenvalue weighted by atomic mass is 32.2. The first kappa shape index (κ1) is 22.6. The topological polar surface area (TPSA) is 84.5 Å². The Morgan fingerprint density at radius 2 is 1.71 bits per heavy atom. The van der Waals surface area contributed by atoms with Crippen LogP contribution < -0.4 is 14.8 Å². The van der Waals surface area contributed by atoms with Crippen molar-refractivity contribution in [2.24, 2.45) is 0 Å². The lowest BCUT2D eigenvalue weighted by molar-refractivity contribution is -0.113. The third-order valence-electron chi connectivity index (χ3n) is 4.30. The van der Waals surface area contributed by atoms with E-state index in [-0.39, 0.29) is 16.6 Å². The monoisotopic (exact) mass is 460 g/mol. The number of methoxy groups -OCH3 is 1. The van der Waals surface area contributed by atoms with Crippen molar-refractivity contribution >= 4 is 39.1 Å². The molecule has 0 aliphatic rings. The minimum Gasteiger partial charge on any atom is -0.497 e. The van der Waals surface area contributed by atoms with Crippen LogP contribution in [0.5, 0.6) is 5.75 Å². The maximum absolute atomic E-state index is 13.7. The van der Waals surface area contributed by atoms with E-state index in [9.17, 15) is 17.6 Å². The van der Waals surface area contributed by atoms with E-state index in [4.69, 9.17) is 4.74 Å². The van der Waals surface area contributed by atoms with E-state index in [0.717, 1.165) is 11.8 Å². The largest absolute Gasteiger partial charge is 0.497 e. The van der Waals surface area contributed by atoms with E-state index in [1.165, 1.54) is 19.2 Å². The second-order valence-corrected chi connectivity index (χ2v) is 9.25. The van der Waals surface area contributed by atoms with Gasteiger partial charge in [0.15, 0.2) is 0 Å². The van der Waals surface area contributed by atoms with Crippen molar-refractivity contribution in [3.8, 4) is 5.75 Å². The number of aryl methyl sites for hydroxylation is 1. The molecule has 162 valence electrons. The number of thioether (sulfide) groups is 1.